The van der Waals surface area contributed by atoms with Gasteiger partial charge in [0, 0.05) is 18.8 Å². The van der Waals surface area contributed by atoms with Gasteiger partial charge in [0.25, 0.3) is 0 Å². The molecule has 0 saturated heterocycles. The fourth-order valence-electron chi connectivity index (χ4n) is 1.77. The SMILES string of the molecule is COCCc1nnc(S[C@@H]2C=CCCC2)n1N. The Balaban J connectivity index is 1.98. The summed E-state index contributed by atoms with van der Waals surface area (Å²) in [5.41, 5.74) is 0. The van der Waals surface area contributed by atoms with Crippen molar-refractivity contribution in [2.45, 2.75) is 36.1 Å². The van der Waals surface area contributed by atoms with Crippen molar-refractivity contribution in [3.05, 3.63) is 18.0 Å². The van der Waals surface area contributed by atoms with Crippen LogP contribution in [0.15, 0.2) is 17.3 Å². The molecule has 0 unspecified atom stereocenters. The molecule has 0 bridgehead atoms. The molecular weight excluding hydrogens is 236 g/mol. The van der Waals surface area contributed by atoms with Crippen LogP contribution in [-0.4, -0.2) is 33.8 Å². The van der Waals surface area contributed by atoms with Gasteiger partial charge in [-0.25, -0.2) is 4.68 Å². The van der Waals surface area contributed by atoms with E-state index in [1.807, 2.05) is 0 Å². The Bertz CT molecular complexity index is 391. The van der Waals surface area contributed by atoms with E-state index in [2.05, 4.69) is 22.3 Å². The van der Waals surface area contributed by atoms with Gasteiger partial charge in [0.05, 0.1) is 6.61 Å². The summed E-state index contributed by atoms with van der Waals surface area (Å²) in [6, 6.07) is 0. The highest BCUT2D eigenvalue weighted by atomic mass is 32.2. The maximum atomic E-state index is 5.95. The number of nitrogen functional groups attached to an aromatic ring is 1. The number of nitrogens with two attached hydrogens (primary N) is 1. The quantitative estimate of drug-likeness (QED) is 0.635. The average molecular weight is 254 g/mol. The highest BCUT2D eigenvalue weighted by Gasteiger charge is 2.16. The maximum Gasteiger partial charge on any atom is 0.210 e. The molecule has 0 aliphatic heterocycles. The van der Waals surface area contributed by atoms with Crippen LogP contribution in [0.2, 0.25) is 0 Å². The van der Waals surface area contributed by atoms with E-state index >= 15 is 0 Å². The molecule has 0 spiro atoms. The van der Waals surface area contributed by atoms with Crippen molar-refractivity contribution < 1.29 is 4.74 Å². The van der Waals surface area contributed by atoms with Crippen molar-refractivity contribution in [3.8, 4) is 0 Å². The molecule has 0 amide bonds. The summed E-state index contributed by atoms with van der Waals surface area (Å²) < 4.78 is 6.58. The van der Waals surface area contributed by atoms with Gasteiger partial charge in [0.15, 0.2) is 5.82 Å². The molecule has 2 rings (SSSR count). The third kappa shape index (κ3) is 3.23. The number of thioether (sulfide) groups is 1. The minimum atomic E-state index is 0.477. The first-order valence-corrected chi connectivity index (χ1v) is 6.71. The van der Waals surface area contributed by atoms with Crippen LogP contribution in [0.4, 0.5) is 0 Å². The molecule has 2 N–H and O–H groups in total. The highest BCUT2D eigenvalue weighted by Crippen LogP contribution is 2.28. The predicted molar refractivity (Wildman–Crippen MR) is 68.4 cm³/mol. The predicted octanol–water partition coefficient (Wildman–Crippen LogP) is 1.38. The molecule has 0 aromatic carbocycles. The Morgan fingerprint density at radius 1 is 1.59 bits per heavy atom. The Hall–Kier alpha value is -1.01. The second kappa shape index (κ2) is 6.07. The normalized spacial score (nSPS) is 19.7. The first-order valence-electron chi connectivity index (χ1n) is 5.83. The van der Waals surface area contributed by atoms with Crippen molar-refractivity contribution in [2.75, 3.05) is 19.6 Å². The van der Waals surface area contributed by atoms with Gasteiger partial charge in [-0.05, 0) is 19.3 Å². The zero-order valence-electron chi connectivity index (χ0n) is 10.0. The number of methoxy groups -OCH3 is 1. The van der Waals surface area contributed by atoms with Crippen molar-refractivity contribution in [3.63, 3.8) is 0 Å². The lowest BCUT2D eigenvalue weighted by molar-refractivity contribution is 0.200. The van der Waals surface area contributed by atoms with Crippen LogP contribution < -0.4 is 5.84 Å². The van der Waals surface area contributed by atoms with Crippen molar-refractivity contribution in [2.24, 2.45) is 0 Å². The number of aromatic nitrogens is 3. The summed E-state index contributed by atoms with van der Waals surface area (Å²) in [5.74, 6) is 6.72. The molecule has 0 radical (unpaired) electrons. The lowest BCUT2D eigenvalue weighted by Crippen LogP contribution is -2.16. The molecule has 0 fully saturated rings. The number of allylic oxidation sites excluding steroid dienone is 1. The monoisotopic (exact) mass is 254 g/mol. The van der Waals surface area contributed by atoms with E-state index in [4.69, 9.17) is 10.6 Å². The molecular formula is C11H18N4OS. The number of nitrogens with zero attached hydrogens (tertiary/aromatic N) is 3. The Kier molecular flexibility index (Phi) is 4.44. The molecule has 94 valence electrons. The van der Waals surface area contributed by atoms with Crippen LogP contribution in [0.5, 0.6) is 0 Å². The number of hydrogen-bond donors (Lipinski definition) is 1. The lowest BCUT2D eigenvalue weighted by Gasteiger charge is -2.14. The standard InChI is InChI=1S/C11H18N4OS/c1-16-8-7-10-13-14-11(15(10)12)17-9-5-3-2-4-6-9/h3,5,9H,2,4,6-8,12H2,1H3/t9-/m1/s1. The van der Waals surface area contributed by atoms with Gasteiger partial charge in [-0.15, -0.1) is 10.2 Å². The minimum absolute atomic E-state index is 0.477. The van der Waals surface area contributed by atoms with E-state index < -0.39 is 0 Å². The second-order valence-electron chi connectivity index (χ2n) is 4.03. The van der Waals surface area contributed by atoms with Crippen LogP contribution in [-0.2, 0) is 11.2 Å². The fraction of sp³-hybridized carbons (Fsp3) is 0.636. The van der Waals surface area contributed by atoms with Crippen LogP contribution in [0, 0.1) is 0 Å². The van der Waals surface area contributed by atoms with Gasteiger partial charge in [0.2, 0.25) is 5.16 Å². The molecule has 1 atom stereocenters. The van der Waals surface area contributed by atoms with Crippen LogP contribution in [0.3, 0.4) is 0 Å². The third-order valence-corrected chi connectivity index (χ3v) is 3.92. The molecule has 17 heavy (non-hydrogen) atoms. The van der Waals surface area contributed by atoms with E-state index in [0.29, 0.717) is 18.3 Å². The first-order chi connectivity index (χ1) is 8.31. The first kappa shape index (κ1) is 12.4. The summed E-state index contributed by atoms with van der Waals surface area (Å²) in [6.07, 6.45) is 8.76. The van der Waals surface area contributed by atoms with E-state index in [-0.39, 0.29) is 0 Å². The molecule has 1 aromatic heterocycles. The smallest absolute Gasteiger partial charge is 0.210 e. The molecule has 1 aromatic rings. The molecule has 0 saturated carbocycles. The van der Waals surface area contributed by atoms with E-state index in [1.165, 1.54) is 19.3 Å². The largest absolute Gasteiger partial charge is 0.384 e. The van der Waals surface area contributed by atoms with E-state index in [1.54, 1.807) is 23.5 Å². The zero-order chi connectivity index (χ0) is 12.1. The summed E-state index contributed by atoms with van der Waals surface area (Å²) in [5, 5.41) is 9.47. The average Bonchev–Trinajstić information content (AvgIpc) is 2.70. The van der Waals surface area contributed by atoms with Gasteiger partial charge in [-0.3, -0.25) is 0 Å². The second-order valence-corrected chi connectivity index (χ2v) is 5.23. The van der Waals surface area contributed by atoms with Crippen LogP contribution >= 0.6 is 11.8 Å². The topological polar surface area (TPSA) is 66.0 Å². The van der Waals surface area contributed by atoms with Gasteiger partial charge in [0.1, 0.15) is 0 Å². The zero-order valence-corrected chi connectivity index (χ0v) is 10.8. The molecule has 1 aliphatic carbocycles. The molecule has 6 heteroatoms. The van der Waals surface area contributed by atoms with Gasteiger partial charge < -0.3 is 10.6 Å². The molecule has 5 nitrogen and oxygen atoms in total. The number of hydrogen-bond acceptors (Lipinski definition) is 5. The fourth-order valence-corrected chi connectivity index (χ4v) is 2.82. The Morgan fingerprint density at radius 3 is 3.18 bits per heavy atom. The third-order valence-electron chi connectivity index (χ3n) is 2.73. The molecule has 1 aliphatic rings. The van der Waals surface area contributed by atoms with Gasteiger partial charge >= 0.3 is 0 Å². The van der Waals surface area contributed by atoms with E-state index in [0.717, 1.165) is 11.0 Å². The Morgan fingerprint density at radius 2 is 2.47 bits per heavy atom. The summed E-state index contributed by atoms with van der Waals surface area (Å²) in [4.78, 5) is 0. The van der Waals surface area contributed by atoms with Crippen LogP contribution in [0.1, 0.15) is 25.1 Å². The van der Waals surface area contributed by atoms with Crippen molar-refractivity contribution in [1.29, 1.82) is 0 Å². The number of ether oxygens (including phenoxy) is 1. The summed E-state index contributed by atoms with van der Waals surface area (Å²) in [6.45, 7) is 0.614. The van der Waals surface area contributed by atoms with Gasteiger partial charge in [-0.1, -0.05) is 23.9 Å². The number of rotatable bonds is 5. The van der Waals surface area contributed by atoms with Gasteiger partial charge in [-0.2, -0.15) is 0 Å². The maximum absolute atomic E-state index is 5.95. The van der Waals surface area contributed by atoms with E-state index in [9.17, 15) is 0 Å². The summed E-state index contributed by atoms with van der Waals surface area (Å²) in [7, 11) is 1.67. The summed E-state index contributed by atoms with van der Waals surface area (Å²) >= 11 is 1.68. The molecule has 1 heterocycles. The van der Waals surface area contributed by atoms with Crippen molar-refractivity contribution >= 4 is 11.8 Å². The Labute approximate surface area is 105 Å². The lowest BCUT2D eigenvalue weighted by atomic mass is 10.1. The van der Waals surface area contributed by atoms with Crippen molar-refractivity contribution in [1.82, 2.24) is 14.9 Å². The van der Waals surface area contributed by atoms with Crippen LogP contribution in [0.25, 0.3) is 0 Å². The minimum Gasteiger partial charge on any atom is -0.384 e. The highest BCUT2D eigenvalue weighted by molar-refractivity contribution is 7.99.